The molecule has 0 unspecified atom stereocenters. The molecule has 1 nitrogen and oxygen atoms in total. The van der Waals surface area contributed by atoms with E-state index in [1.54, 1.807) is 0 Å². The summed E-state index contributed by atoms with van der Waals surface area (Å²) in [5.74, 6) is 0. The predicted molar refractivity (Wildman–Crippen MR) is 370 cm³/mol. The van der Waals surface area contributed by atoms with Crippen molar-refractivity contribution in [2.75, 3.05) is 0 Å². The van der Waals surface area contributed by atoms with Crippen LogP contribution < -0.4 is 164 Å². The summed E-state index contributed by atoms with van der Waals surface area (Å²) in [6.45, 7) is 0. The highest BCUT2D eigenvalue weighted by Crippen LogP contribution is 2.41. The lowest BCUT2D eigenvalue weighted by atomic mass is 9.54. The lowest BCUT2D eigenvalue weighted by Crippen LogP contribution is -2.57. The molecule has 0 spiro atoms. The van der Waals surface area contributed by atoms with Crippen molar-refractivity contribution in [1.82, 2.24) is 0 Å². The van der Waals surface area contributed by atoms with Gasteiger partial charge in [0.2, 0.25) is 0 Å². The zero-order chi connectivity index (χ0) is 58.4. The fourth-order valence-corrected chi connectivity index (χ4v) is 11.0. The average Bonchev–Trinajstić information content (AvgIpc) is 4.07. The highest BCUT2D eigenvalue weighted by Gasteiger charge is 2.32. The molecule has 79 heavy (non-hydrogen) atoms. The lowest BCUT2D eigenvalue weighted by Gasteiger charge is -2.34. The van der Waals surface area contributed by atoms with E-state index in [9.17, 15) is 0 Å². The summed E-state index contributed by atoms with van der Waals surface area (Å²) in [7, 11) is 204. The first-order valence-corrected chi connectivity index (χ1v) is 23.1. The standard InChI is InChI=1S/C48B30O/c49-17-14(33(65)46(78)48-16(17)10-9-13(32(64)45(77)47(10)79-48)31(63)41(73)40(72)24(9)56)15-27(59)25(57)11(26(58)28(15)60)2-6-3(18(50)34(66)37(69)21(6)53)1(4-7(2)22(54)38(70)35(67)19(4)51)5-8(23(55)39(71)36(68)20(5)52)12-29(61)42(74)44(76)43(75)30(12)62. The number of furan rings is 1. The maximum absolute atomic E-state index is 7.26. The van der Waals surface area contributed by atoms with Gasteiger partial charge in [-0.15, -0.1) is 60.1 Å². The third-order valence-electron chi connectivity index (χ3n) is 15.3. The van der Waals surface area contributed by atoms with E-state index >= 15 is 0 Å². The van der Waals surface area contributed by atoms with E-state index in [2.05, 4.69) is 0 Å². The van der Waals surface area contributed by atoms with E-state index in [-0.39, 0.29) is 263 Å². The number of fused-ring (bicyclic) bond motifs is 7. The maximum Gasteiger partial charge on any atom is 0.128 e. The minimum absolute atomic E-state index is 0.0110. The van der Waals surface area contributed by atoms with Crippen LogP contribution in [0, 0.1) is 0 Å². The van der Waals surface area contributed by atoms with Gasteiger partial charge < -0.3 is 4.42 Å². The molecule has 288 valence electrons. The summed E-state index contributed by atoms with van der Waals surface area (Å²) in [4.78, 5) is 0. The first-order chi connectivity index (χ1) is 36.8. The van der Waals surface area contributed by atoms with Crippen LogP contribution in [0.4, 0.5) is 0 Å². The van der Waals surface area contributed by atoms with Crippen molar-refractivity contribution in [1.29, 1.82) is 0 Å². The Bertz CT molecular complexity index is 4460. The van der Waals surface area contributed by atoms with E-state index in [4.69, 9.17) is 240 Å². The first kappa shape index (κ1) is 57.7. The quantitative estimate of drug-likeness (QED) is 0.127. The number of rotatable bonds is 4. The Morgan fingerprint density at radius 2 is 0.304 bits per heavy atom. The van der Waals surface area contributed by atoms with E-state index in [1.807, 2.05) is 0 Å². The molecule has 10 rings (SSSR count). The van der Waals surface area contributed by atoms with Gasteiger partial charge in [-0.3, -0.25) is 0 Å². The summed E-state index contributed by atoms with van der Waals surface area (Å²) in [5, 5.41) is 0.249. The molecule has 0 fully saturated rings. The van der Waals surface area contributed by atoms with Crippen molar-refractivity contribution < 1.29 is 4.42 Å². The van der Waals surface area contributed by atoms with Crippen LogP contribution in [0.15, 0.2) is 4.42 Å². The van der Waals surface area contributed by atoms with Crippen molar-refractivity contribution in [3.8, 4) is 44.5 Å². The van der Waals surface area contributed by atoms with Crippen LogP contribution in [-0.4, -0.2) is 235 Å². The third-order valence-corrected chi connectivity index (χ3v) is 15.3. The second kappa shape index (κ2) is 19.6. The largest absolute Gasteiger partial charge is 0.457 e. The SMILES string of the molecule is [B]c1c([B])c([B])c(-c2c([B])c([B])c([B])c([B])c2-c2c3c([B])c([B])c([B])c([B])c3c(-c3c([B])c([B])c(-c4c([B])c([B])c5oc6c([B])c([B])c7c([B])c([B])c([B])c([B])c7c6c5c4[B])c([B])c3[B])c3c([B])c([B])c([B])c([B])c23)c([B])c1[B]. The van der Waals surface area contributed by atoms with Gasteiger partial charge in [0.15, 0.2) is 0 Å². The van der Waals surface area contributed by atoms with Gasteiger partial charge in [-0.05, 0) is 76.8 Å². The van der Waals surface area contributed by atoms with Gasteiger partial charge >= 0.3 is 0 Å². The summed E-state index contributed by atoms with van der Waals surface area (Å²) in [6.07, 6.45) is 0. The van der Waals surface area contributed by atoms with Crippen molar-refractivity contribution in [2.24, 2.45) is 0 Å². The number of hydrogen-bond donors (Lipinski definition) is 0. The molecule has 0 saturated heterocycles. The fourth-order valence-electron chi connectivity index (χ4n) is 11.0. The molecule has 0 aliphatic carbocycles. The van der Waals surface area contributed by atoms with Gasteiger partial charge in [0, 0.05) is 10.8 Å². The minimum Gasteiger partial charge on any atom is -0.457 e. The van der Waals surface area contributed by atoms with E-state index in [0.717, 1.165) is 0 Å². The molecular formula is C48B30O. The van der Waals surface area contributed by atoms with Crippen LogP contribution in [0.1, 0.15) is 0 Å². The van der Waals surface area contributed by atoms with Crippen LogP contribution in [-0.2, 0) is 0 Å². The molecule has 0 aliphatic rings. The molecule has 31 heteroatoms. The normalized spacial score (nSPS) is 11.8. The zero-order valence-corrected chi connectivity index (χ0v) is 41.7. The molecule has 9 aromatic carbocycles. The van der Waals surface area contributed by atoms with Crippen LogP contribution >= 0.6 is 0 Å². The minimum atomic E-state index is -0.314. The second-order valence-electron chi connectivity index (χ2n) is 19.2. The summed E-state index contributed by atoms with van der Waals surface area (Å²) < 4.78 is 6.28. The molecular weight excluding hydrogens is 917 g/mol. The van der Waals surface area contributed by atoms with Crippen molar-refractivity contribution >= 4 is 454 Å². The van der Waals surface area contributed by atoms with E-state index < -0.39 is 0 Å². The molecule has 0 atom stereocenters. The highest BCUT2D eigenvalue weighted by molar-refractivity contribution is 6.77. The van der Waals surface area contributed by atoms with Gasteiger partial charge in [-0.1, -0.05) is 104 Å². The molecule has 0 amide bonds. The Labute approximate surface area is 498 Å². The summed E-state index contributed by atoms with van der Waals surface area (Å²) in [5.41, 5.74) is -6.83. The number of hydrogen-bond acceptors (Lipinski definition) is 1. The monoisotopic (exact) mass is 922 g/mol. The second-order valence-corrected chi connectivity index (χ2v) is 19.2. The first-order valence-electron chi connectivity index (χ1n) is 23.1. The van der Waals surface area contributed by atoms with Crippen molar-refractivity contribution in [3.05, 3.63) is 0 Å². The maximum atomic E-state index is 7.26. The molecule has 0 saturated carbocycles. The molecule has 60 radical (unpaired) electrons. The van der Waals surface area contributed by atoms with Crippen LogP contribution in [0.2, 0.25) is 0 Å². The smallest absolute Gasteiger partial charge is 0.128 e. The fraction of sp³-hybridized carbons (Fsp3) is 0. The highest BCUT2D eigenvalue weighted by atomic mass is 16.3. The lowest BCUT2D eigenvalue weighted by molar-refractivity contribution is 0.675. The van der Waals surface area contributed by atoms with Crippen LogP contribution in [0.3, 0.4) is 0 Å². The van der Waals surface area contributed by atoms with Crippen LogP contribution in [0.5, 0.6) is 0 Å². The number of benzene rings is 9. The summed E-state index contributed by atoms with van der Waals surface area (Å²) >= 11 is 0. The zero-order valence-electron chi connectivity index (χ0n) is 41.7. The Morgan fingerprint density at radius 3 is 0.684 bits per heavy atom. The summed E-state index contributed by atoms with van der Waals surface area (Å²) in [6, 6.07) is 0. The van der Waals surface area contributed by atoms with Crippen molar-refractivity contribution in [2.45, 2.75) is 0 Å². The van der Waals surface area contributed by atoms with Gasteiger partial charge in [0.05, 0.1) is 0 Å². The molecule has 0 N–H and O–H groups in total. The van der Waals surface area contributed by atoms with Gasteiger partial charge in [-0.25, -0.2) is 0 Å². The average molecular weight is 917 g/mol. The van der Waals surface area contributed by atoms with Gasteiger partial charge in [-0.2, -0.15) is 0 Å². The molecule has 1 aromatic heterocycles. The Balaban J connectivity index is 1.43. The Hall–Kier alpha value is -4.49. The Morgan fingerprint density at radius 1 is 0.114 bits per heavy atom. The topological polar surface area (TPSA) is 13.1 Å². The van der Waals surface area contributed by atoms with Crippen molar-refractivity contribution in [3.63, 3.8) is 0 Å². The molecule has 0 aliphatic heterocycles. The van der Waals surface area contributed by atoms with E-state index in [0.29, 0.717) is 0 Å². The van der Waals surface area contributed by atoms with Gasteiger partial charge in [0.1, 0.15) is 247 Å². The third kappa shape index (κ3) is 7.52. The molecule has 1 heterocycles. The van der Waals surface area contributed by atoms with Gasteiger partial charge in [0.25, 0.3) is 0 Å². The predicted octanol–water partition coefficient (Wildman–Crippen LogP) is -22.5. The molecule has 0 bridgehead atoms. The van der Waals surface area contributed by atoms with E-state index in [1.165, 1.54) is 0 Å². The molecule has 10 aromatic rings. The Kier molecular flexibility index (Phi) is 14.3. The van der Waals surface area contributed by atoms with Crippen LogP contribution in [0.25, 0.3) is 98.8 Å².